The van der Waals surface area contributed by atoms with E-state index in [1.165, 1.54) is 5.56 Å². The molecule has 1 amide bonds. The van der Waals surface area contributed by atoms with E-state index in [4.69, 9.17) is 0 Å². The van der Waals surface area contributed by atoms with Gasteiger partial charge in [-0.3, -0.25) is 4.79 Å². The molecule has 0 spiro atoms. The molecule has 3 nitrogen and oxygen atoms in total. The van der Waals surface area contributed by atoms with Crippen LogP contribution in [-0.2, 0) is 4.79 Å². The quantitative estimate of drug-likeness (QED) is 0.840. The average Bonchev–Trinajstić information content (AvgIpc) is 2.24. The third kappa shape index (κ3) is 3.56. The third-order valence-corrected chi connectivity index (χ3v) is 2.99. The van der Waals surface area contributed by atoms with Gasteiger partial charge in [0.25, 0.3) is 0 Å². The van der Waals surface area contributed by atoms with Crippen molar-refractivity contribution in [3.8, 4) is 0 Å². The first-order chi connectivity index (χ1) is 7.95. The molecule has 0 heterocycles. The molecule has 0 bridgehead atoms. The SMILES string of the molecule is CNC(=O)CCC(O)c1c(C)cc(C)cc1C. The molecule has 2 N–H and O–H groups in total. The van der Waals surface area contributed by atoms with Crippen LogP contribution in [0.15, 0.2) is 12.1 Å². The summed E-state index contributed by atoms with van der Waals surface area (Å²) in [6.45, 7) is 6.04. The van der Waals surface area contributed by atoms with Crippen molar-refractivity contribution >= 4 is 5.91 Å². The molecule has 0 saturated heterocycles. The van der Waals surface area contributed by atoms with Gasteiger partial charge in [-0.1, -0.05) is 17.7 Å². The average molecular weight is 235 g/mol. The van der Waals surface area contributed by atoms with Crippen LogP contribution in [0.4, 0.5) is 0 Å². The van der Waals surface area contributed by atoms with Crippen molar-refractivity contribution < 1.29 is 9.90 Å². The van der Waals surface area contributed by atoms with Gasteiger partial charge in [0.15, 0.2) is 0 Å². The van der Waals surface area contributed by atoms with Gasteiger partial charge in [-0.15, -0.1) is 0 Å². The van der Waals surface area contributed by atoms with Crippen LogP contribution in [-0.4, -0.2) is 18.1 Å². The summed E-state index contributed by atoms with van der Waals surface area (Å²) in [5.74, 6) is -0.0357. The van der Waals surface area contributed by atoms with Crippen LogP contribution in [0.5, 0.6) is 0 Å². The van der Waals surface area contributed by atoms with Crippen molar-refractivity contribution in [2.75, 3.05) is 7.05 Å². The molecule has 0 aliphatic rings. The van der Waals surface area contributed by atoms with E-state index < -0.39 is 6.10 Å². The molecule has 0 fully saturated rings. The van der Waals surface area contributed by atoms with Crippen LogP contribution in [0.2, 0.25) is 0 Å². The fourth-order valence-electron chi connectivity index (χ4n) is 2.25. The van der Waals surface area contributed by atoms with Crippen LogP contribution in [0, 0.1) is 20.8 Å². The minimum Gasteiger partial charge on any atom is -0.388 e. The topological polar surface area (TPSA) is 49.3 Å². The highest BCUT2D eigenvalue weighted by Gasteiger charge is 2.14. The maximum Gasteiger partial charge on any atom is 0.219 e. The van der Waals surface area contributed by atoms with Gasteiger partial charge >= 0.3 is 0 Å². The molecule has 1 aromatic carbocycles. The fourth-order valence-corrected chi connectivity index (χ4v) is 2.25. The van der Waals surface area contributed by atoms with Crippen LogP contribution in [0.1, 0.15) is 41.2 Å². The molecule has 1 rings (SSSR count). The number of carbonyl (C=O) groups is 1. The molecule has 94 valence electrons. The highest BCUT2D eigenvalue weighted by molar-refractivity contribution is 5.75. The van der Waals surface area contributed by atoms with Crippen LogP contribution < -0.4 is 5.32 Å². The first-order valence-electron chi connectivity index (χ1n) is 5.92. The summed E-state index contributed by atoms with van der Waals surface area (Å²) in [6, 6.07) is 4.12. The summed E-state index contributed by atoms with van der Waals surface area (Å²) >= 11 is 0. The fraction of sp³-hybridized carbons (Fsp3) is 0.500. The number of hydrogen-bond acceptors (Lipinski definition) is 2. The van der Waals surface area contributed by atoms with Crippen molar-refractivity contribution in [1.82, 2.24) is 5.32 Å². The zero-order valence-electron chi connectivity index (χ0n) is 11.0. The molecular weight excluding hydrogens is 214 g/mol. The monoisotopic (exact) mass is 235 g/mol. The van der Waals surface area contributed by atoms with Gasteiger partial charge in [0.2, 0.25) is 5.91 Å². The Balaban J connectivity index is 2.82. The molecular formula is C14H21NO2. The summed E-state index contributed by atoms with van der Waals surface area (Å²) in [5.41, 5.74) is 4.33. The van der Waals surface area contributed by atoms with E-state index in [1.54, 1.807) is 7.05 Å². The number of carbonyl (C=O) groups excluding carboxylic acids is 1. The molecule has 3 heteroatoms. The van der Waals surface area contributed by atoms with Crippen molar-refractivity contribution in [3.05, 3.63) is 34.4 Å². The van der Waals surface area contributed by atoms with Gasteiger partial charge in [0, 0.05) is 13.5 Å². The Morgan fingerprint density at radius 3 is 2.29 bits per heavy atom. The molecule has 0 aliphatic heterocycles. The number of benzene rings is 1. The van der Waals surface area contributed by atoms with Gasteiger partial charge < -0.3 is 10.4 Å². The lowest BCUT2D eigenvalue weighted by molar-refractivity contribution is -0.121. The number of amides is 1. The molecule has 0 aromatic heterocycles. The first-order valence-corrected chi connectivity index (χ1v) is 5.92. The lowest BCUT2D eigenvalue weighted by Gasteiger charge is -2.17. The van der Waals surface area contributed by atoms with Crippen molar-refractivity contribution in [2.24, 2.45) is 0 Å². The minimum absolute atomic E-state index is 0.0357. The molecule has 0 saturated carbocycles. The van der Waals surface area contributed by atoms with E-state index in [0.29, 0.717) is 12.8 Å². The minimum atomic E-state index is -0.562. The second kappa shape index (κ2) is 5.82. The third-order valence-electron chi connectivity index (χ3n) is 2.99. The second-order valence-electron chi connectivity index (χ2n) is 4.54. The molecule has 1 aromatic rings. The number of aliphatic hydroxyl groups is 1. The Morgan fingerprint density at radius 1 is 1.29 bits per heavy atom. The number of aryl methyl sites for hydroxylation is 3. The standard InChI is InChI=1S/C14H21NO2/c1-9-7-10(2)14(11(3)8-9)12(16)5-6-13(17)15-4/h7-8,12,16H,5-6H2,1-4H3,(H,15,17). The van der Waals surface area contributed by atoms with E-state index in [-0.39, 0.29) is 5.91 Å². The number of aliphatic hydroxyl groups excluding tert-OH is 1. The molecule has 17 heavy (non-hydrogen) atoms. The van der Waals surface area contributed by atoms with Crippen LogP contribution >= 0.6 is 0 Å². The highest BCUT2D eigenvalue weighted by atomic mass is 16.3. The first kappa shape index (κ1) is 13.7. The van der Waals surface area contributed by atoms with Gasteiger partial charge in [0.1, 0.15) is 0 Å². The Morgan fingerprint density at radius 2 is 1.82 bits per heavy atom. The van der Waals surface area contributed by atoms with Gasteiger partial charge in [-0.25, -0.2) is 0 Å². The van der Waals surface area contributed by atoms with Crippen molar-refractivity contribution in [3.63, 3.8) is 0 Å². The van der Waals surface area contributed by atoms with E-state index in [9.17, 15) is 9.90 Å². The highest BCUT2D eigenvalue weighted by Crippen LogP contribution is 2.26. The molecule has 0 aliphatic carbocycles. The zero-order chi connectivity index (χ0) is 13.0. The van der Waals surface area contributed by atoms with Crippen LogP contribution in [0.3, 0.4) is 0 Å². The molecule has 1 atom stereocenters. The Kier molecular flexibility index (Phi) is 4.70. The zero-order valence-corrected chi connectivity index (χ0v) is 11.0. The summed E-state index contributed by atoms with van der Waals surface area (Å²) in [5, 5.41) is 12.7. The number of hydrogen-bond donors (Lipinski definition) is 2. The lowest BCUT2D eigenvalue weighted by atomic mass is 9.93. The van der Waals surface area contributed by atoms with Crippen molar-refractivity contribution in [1.29, 1.82) is 0 Å². The number of rotatable bonds is 4. The Bertz CT molecular complexity index is 390. The second-order valence-corrected chi connectivity index (χ2v) is 4.54. The summed E-state index contributed by atoms with van der Waals surface area (Å²) in [7, 11) is 1.61. The van der Waals surface area contributed by atoms with Gasteiger partial charge in [-0.05, 0) is 43.9 Å². The maximum atomic E-state index is 11.1. The molecule has 0 radical (unpaired) electrons. The summed E-state index contributed by atoms with van der Waals surface area (Å²) < 4.78 is 0. The largest absolute Gasteiger partial charge is 0.388 e. The van der Waals surface area contributed by atoms with E-state index in [2.05, 4.69) is 17.4 Å². The Labute approximate surface area is 103 Å². The van der Waals surface area contributed by atoms with E-state index >= 15 is 0 Å². The predicted octanol–water partition coefficient (Wildman–Crippen LogP) is 2.17. The van der Waals surface area contributed by atoms with E-state index in [0.717, 1.165) is 16.7 Å². The normalized spacial score (nSPS) is 12.3. The lowest BCUT2D eigenvalue weighted by Crippen LogP contribution is -2.18. The maximum absolute atomic E-state index is 11.1. The number of nitrogens with one attached hydrogen (secondary N) is 1. The molecule has 1 unspecified atom stereocenters. The summed E-state index contributed by atoms with van der Waals surface area (Å²) in [6.07, 6.45) is 0.252. The predicted molar refractivity (Wildman–Crippen MR) is 68.9 cm³/mol. The van der Waals surface area contributed by atoms with E-state index in [1.807, 2.05) is 20.8 Å². The van der Waals surface area contributed by atoms with Gasteiger partial charge in [0.05, 0.1) is 6.10 Å². The Hall–Kier alpha value is -1.35. The smallest absolute Gasteiger partial charge is 0.219 e. The summed E-state index contributed by atoms with van der Waals surface area (Å²) in [4.78, 5) is 11.1. The van der Waals surface area contributed by atoms with Gasteiger partial charge in [-0.2, -0.15) is 0 Å². The van der Waals surface area contributed by atoms with Crippen LogP contribution in [0.25, 0.3) is 0 Å². The van der Waals surface area contributed by atoms with Crippen molar-refractivity contribution in [2.45, 2.75) is 39.7 Å².